The lowest BCUT2D eigenvalue weighted by molar-refractivity contribution is 0.0698. The van der Waals surface area contributed by atoms with Gasteiger partial charge in [0.1, 0.15) is 5.56 Å². The van der Waals surface area contributed by atoms with Crippen molar-refractivity contribution in [3.8, 4) is 0 Å². The highest BCUT2D eigenvalue weighted by atomic mass is 16.4. The predicted molar refractivity (Wildman–Crippen MR) is 60.0 cm³/mol. The number of allylic oxidation sites excluding steroid dienone is 4. The molecule has 3 N–H and O–H groups in total. The molecule has 84 valence electrons. The second-order valence-corrected chi connectivity index (χ2v) is 3.76. The Bertz CT molecular complexity index is 460. The highest BCUT2D eigenvalue weighted by Crippen LogP contribution is 2.16. The Kier molecular flexibility index (Phi) is 2.76. The van der Waals surface area contributed by atoms with E-state index < -0.39 is 5.97 Å². The van der Waals surface area contributed by atoms with E-state index in [2.05, 4.69) is 17.3 Å². The number of hydrogen-bond donors (Lipinski definition) is 2. The standard InChI is InChI=1S/C11H13N3O2/c12-10-9(11(15)16)7-14(13-10)6-8-4-2-1-3-5-8/h1-4,7-8H,5-6H2,(H2,12,13)(H,15,16). The number of rotatable bonds is 3. The Morgan fingerprint density at radius 1 is 1.62 bits per heavy atom. The number of nitrogen functional groups attached to an aromatic ring is 1. The molecule has 0 amide bonds. The van der Waals surface area contributed by atoms with Gasteiger partial charge in [-0.2, -0.15) is 5.10 Å². The predicted octanol–water partition coefficient (Wildman–Crippen LogP) is 1.30. The monoisotopic (exact) mass is 219 g/mol. The zero-order valence-corrected chi connectivity index (χ0v) is 8.71. The summed E-state index contributed by atoms with van der Waals surface area (Å²) in [7, 11) is 0. The summed E-state index contributed by atoms with van der Waals surface area (Å²) in [6.07, 6.45) is 10.6. The minimum Gasteiger partial charge on any atom is -0.477 e. The number of nitrogens with two attached hydrogens (primary N) is 1. The molecule has 5 heteroatoms. The van der Waals surface area contributed by atoms with Crippen LogP contribution in [0.3, 0.4) is 0 Å². The molecule has 0 radical (unpaired) electrons. The van der Waals surface area contributed by atoms with Crippen molar-refractivity contribution in [1.82, 2.24) is 9.78 Å². The van der Waals surface area contributed by atoms with E-state index in [1.807, 2.05) is 12.2 Å². The summed E-state index contributed by atoms with van der Waals surface area (Å²) in [4.78, 5) is 10.8. The normalized spacial score (nSPS) is 18.9. The van der Waals surface area contributed by atoms with Gasteiger partial charge in [-0.25, -0.2) is 4.79 Å². The van der Waals surface area contributed by atoms with Gasteiger partial charge in [-0.3, -0.25) is 4.68 Å². The molecule has 1 aliphatic rings. The van der Waals surface area contributed by atoms with Gasteiger partial charge in [-0.1, -0.05) is 24.3 Å². The number of carboxylic acids is 1. The smallest absolute Gasteiger partial charge is 0.341 e. The Hall–Kier alpha value is -2.04. The molecular formula is C11H13N3O2. The number of aromatic carboxylic acids is 1. The van der Waals surface area contributed by atoms with Crippen LogP contribution in [0, 0.1) is 5.92 Å². The summed E-state index contributed by atoms with van der Waals surface area (Å²) < 4.78 is 1.59. The van der Waals surface area contributed by atoms with E-state index in [1.165, 1.54) is 6.20 Å². The van der Waals surface area contributed by atoms with E-state index in [1.54, 1.807) is 4.68 Å². The Morgan fingerprint density at radius 2 is 2.44 bits per heavy atom. The first-order valence-electron chi connectivity index (χ1n) is 5.06. The molecule has 1 aromatic rings. The van der Waals surface area contributed by atoms with Crippen LogP contribution >= 0.6 is 0 Å². The summed E-state index contributed by atoms with van der Waals surface area (Å²) in [5.74, 6) is -0.614. The van der Waals surface area contributed by atoms with Crippen LogP contribution in [0.2, 0.25) is 0 Å². The minimum absolute atomic E-state index is 0.0651. The largest absolute Gasteiger partial charge is 0.477 e. The average molecular weight is 219 g/mol. The van der Waals surface area contributed by atoms with Crippen LogP contribution in [-0.2, 0) is 6.54 Å². The first-order valence-corrected chi connectivity index (χ1v) is 5.06. The third-order valence-electron chi connectivity index (χ3n) is 2.51. The minimum atomic E-state index is -1.04. The lowest BCUT2D eigenvalue weighted by Gasteiger charge is -2.12. The first-order chi connectivity index (χ1) is 7.66. The highest BCUT2D eigenvalue weighted by Gasteiger charge is 2.14. The molecule has 16 heavy (non-hydrogen) atoms. The van der Waals surface area contributed by atoms with Crippen molar-refractivity contribution < 1.29 is 9.90 Å². The number of aromatic nitrogens is 2. The summed E-state index contributed by atoms with van der Waals surface area (Å²) >= 11 is 0. The Morgan fingerprint density at radius 3 is 3.00 bits per heavy atom. The van der Waals surface area contributed by atoms with E-state index in [0.717, 1.165) is 6.42 Å². The number of anilines is 1. The van der Waals surface area contributed by atoms with Crippen LogP contribution < -0.4 is 5.73 Å². The van der Waals surface area contributed by atoms with Gasteiger partial charge in [0.25, 0.3) is 0 Å². The van der Waals surface area contributed by atoms with Crippen LogP contribution in [0.4, 0.5) is 5.82 Å². The molecular weight excluding hydrogens is 206 g/mol. The van der Waals surface area contributed by atoms with E-state index in [9.17, 15) is 4.79 Å². The van der Waals surface area contributed by atoms with Gasteiger partial charge in [-0.15, -0.1) is 0 Å². The van der Waals surface area contributed by atoms with Crippen molar-refractivity contribution in [2.75, 3.05) is 5.73 Å². The lowest BCUT2D eigenvalue weighted by atomic mass is 10.0. The van der Waals surface area contributed by atoms with Gasteiger partial charge in [0.05, 0.1) is 0 Å². The zero-order valence-electron chi connectivity index (χ0n) is 8.71. The summed E-state index contributed by atoms with van der Waals surface area (Å²) in [6.45, 7) is 0.651. The van der Waals surface area contributed by atoms with Crippen LogP contribution in [0.5, 0.6) is 0 Å². The number of carboxylic acid groups (broad SMARTS) is 1. The molecule has 0 saturated carbocycles. The molecule has 0 saturated heterocycles. The molecule has 0 aromatic carbocycles. The van der Waals surface area contributed by atoms with Crippen molar-refractivity contribution >= 4 is 11.8 Å². The maximum atomic E-state index is 10.8. The second kappa shape index (κ2) is 4.22. The van der Waals surface area contributed by atoms with E-state index >= 15 is 0 Å². The maximum Gasteiger partial charge on any atom is 0.341 e. The first kappa shape index (κ1) is 10.5. The molecule has 0 aliphatic heterocycles. The molecule has 1 unspecified atom stereocenters. The topological polar surface area (TPSA) is 81.1 Å². The van der Waals surface area contributed by atoms with Gasteiger partial charge in [-0.05, 0) is 6.42 Å². The van der Waals surface area contributed by atoms with Crippen molar-refractivity contribution in [1.29, 1.82) is 0 Å². The average Bonchev–Trinajstić information content (AvgIpc) is 2.61. The molecule has 1 aromatic heterocycles. The molecule has 1 aliphatic carbocycles. The Labute approximate surface area is 92.9 Å². The quantitative estimate of drug-likeness (QED) is 0.802. The molecule has 1 heterocycles. The number of carbonyl (C=O) groups is 1. The van der Waals surface area contributed by atoms with Gasteiger partial charge in [0.15, 0.2) is 5.82 Å². The summed E-state index contributed by atoms with van der Waals surface area (Å²) in [5, 5.41) is 12.8. The van der Waals surface area contributed by atoms with Gasteiger partial charge >= 0.3 is 5.97 Å². The van der Waals surface area contributed by atoms with Crippen LogP contribution in [0.25, 0.3) is 0 Å². The highest BCUT2D eigenvalue weighted by molar-refractivity contribution is 5.92. The zero-order chi connectivity index (χ0) is 11.5. The maximum absolute atomic E-state index is 10.8. The van der Waals surface area contributed by atoms with Crippen molar-refractivity contribution in [2.45, 2.75) is 13.0 Å². The third-order valence-corrected chi connectivity index (χ3v) is 2.51. The summed E-state index contributed by atoms with van der Waals surface area (Å²) in [5.41, 5.74) is 5.57. The molecule has 5 nitrogen and oxygen atoms in total. The summed E-state index contributed by atoms with van der Waals surface area (Å²) in [6, 6.07) is 0. The lowest BCUT2D eigenvalue weighted by Crippen LogP contribution is -2.10. The molecule has 0 fully saturated rings. The van der Waals surface area contributed by atoms with E-state index in [4.69, 9.17) is 10.8 Å². The second-order valence-electron chi connectivity index (χ2n) is 3.76. The van der Waals surface area contributed by atoms with Crippen molar-refractivity contribution in [3.05, 3.63) is 36.1 Å². The fourth-order valence-corrected chi connectivity index (χ4v) is 1.70. The SMILES string of the molecule is Nc1nn(CC2C=CC=CC2)cc1C(=O)O. The van der Waals surface area contributed by atoms with Crippen molar-refractivity contribution in [3.63, 3.8) is 0 Å². The third kappa shape index (κ3) is 2.13. The fraction of sp³-hybridized carbons (Fsp3) is 0.273. The Balaban J connectivity index is 2.10. The van der Waals surface area contributed by atoms with Gasteiger partial charge < -0.3 is 10.8 Å². The van der Waals surface area contributed by atoms with E-state index in [0.29, 0.717) is 12.5 Å². The molecule has 0 spiro atoms. The molecule has 1 atom stereocenters. The van der Waals surface area contributed by atoms with Crippen LogP contribution in [-0.4, -0.2) is 20.9 Å². The van der Waals surface area contributed by atoms with Gasteiger partial charge in [0.2, 0.25) is 0 Å². The van der Waals surface area contributed by atoms with Crippen LogP contribution in [0.15, 0.2) is 30.5 Å². The number of hydrogen-bond acceptors (Lipinski definition) is 3. The molecule has 2 rings (SSSR count). The van der Waals surface area contributed by atoms with Crippen molar-refractivity contribution in [2.24, 2.45) is 5.92 Å². The van der Waals surface area contributed by atoms with E-state index in [-0.39, 0.29) is 11.4 Å². The van der Waals surface area contributed by atoms with Gasteiger partial charge in [0, 0.05) is 18.7 Å². The number of nitrogens with zero attached hydrogens (tertiary/aromatic N) is 2. The fourth-order valence-electron chi connectivity index (χ4n) is 1.70. The van der Waals surface area contributed by atoms with Crippen LogP contribution in [0.1, 0.15) is 16.8 Å². The molecule has 0 bridgehead atoms.